The summed E-state index contributed by atoms with van der Waals surface area (Å²) in [5.41, 5.74) is 5.07. The molecule has 0 radical (unpaired) electrons. The lowest BCUT2D eigenvalue weighted by atomic mass is 10.0. The van der Waals surface area contributed by atoms with Gasteiger partial charge in [-0.3, -0.25) is 9.80 Å². The number of hydrogen-bond acceptors (Lipinski definition) is 3. The van der Waals surface area contributed by atoms with Crippen molar-refractivity contribution in [3.05, 3.63) is 108 Å². The van der Waals surface area contributed by atoms with E-state index in [-0.39, 0.29) is 6.04 Å². The summed E-state index contributed by atoms with van der Waals surface area (Å²) in [5.74, 6) is 0. The third-order valence-corrected chi connectivity index (χ3v) is 4.68. The van der Waals surface area contributed by atoms with Crippen molar-refractivity contribution in [2.24, 2.45) is 5.10 Å². The van der Waals surface area contributed by atoms with Gasteiger partial charge in [-0.05, 0) is 41.5 Å². The predicted octanol–water partition coefficient (Wildman–Crippen LogP) is 5.52. The first-order chi connectivity index (χ1) is 13.3. The molecular formula is C24H20N2O. The fraction of sp³-hybridized carbons (Fsp3) is 0.0833. The Balaban J connectivity index is 1.65. The minimum Gasteiger partial charge on any atom is -0.298 e. The zero-order valence-electron chi connectivity index (χ0n) is 14.9. The number of carbonyl (C=O) groups excluding carboxylic acids is 1. The van der Waals surface area contributed by atoms with E-state index in [9.17, 15) is 4.79 Å². The van der Waals surface area contributed by atoms with Gasteiger partial charge in [0.2, 0.25) is 0 Å². The Morgan fingerprint density at radius 2 is 1.44 bits per heavy atom. The maximum absolute atomic E-state index is 10.9. The van der Waals surface area contributed by atoms with Crippen molar-refractivity contribution in [2.75, 3.05) is 5.01 Å². The molecule has 1 aliphatic rings. The molecule has 0 bridgehead atoms. The fourth-order valence-corrected chi connectivity index (χ4v) is 3.27. The fourth-order valence-electron chi connectivity index (χ4n) is 3.27. The van der Waals surface area contributed by atoms with Crippen molar-refractivity contribution < 1.29 is 4.79 Å². The smallest absolute Gasteiger partial charge is 0.150 e. The first kappa shape index (κ1) is 17.0. The van der Waals surface area contributed by atoms with Gasteiger partial charge in [-0.2, -0.15) is 5.10 Å². The van der Waals surface area contributed by atoms with E-state index in [1.807, 2.05) is 48.5 Å². The normalized spacial score (nSPS) is 16.5. The molecule has 0 aliphatic carbocycles. The second-order valence-electron chi connectivity index (χ2n) is 6.52. The van der Waals surface area contributed by atoms with Crippen LogP contribution in [0, 0.1) is 0 Å². The minimum absolute atomic E-state index is 0.142. The molecule has 3 aromatic rings. The van der Waals surface area contributed by atoms with Gasteiger partial charge < -0.3 is 0 Å². The van der Waals surface area contributed by atoms with Crippen LogP contribution in [0.1, 0.15) is 33.9 Å². The molecule has 0 N–H and O–H groups in total. The molecule has 0 unspecified atom stereocenters. The molecule has 0 saturated carbocycles. The number of aldehydes is 1. The molecule has 3 nitrogen and oxygen atoms in total. The van der Waals surface area contributed by atoms with Crippen LogP contribution in [0.4, 0.5) is 5.69 Å². The standard InChI is InChI=1S/C24H20N2O/c27-18-20-12-15-23(16-13-20)26-24(21-9-5-2-6-10-21)17-22(25-26)14-11-19-7-3-1-4-8-19/h1-16,18,24H,17H2/b14-11+/t24-/m1/s1. The average Bonchev–Trinajstić information content (AvgIpc) is 3.18. The van der Waals surface area contributed by atoms with Crippen LogP contribution in [0.3, 0.4) is 0 Å². The molecule has 1 aliphatic heterocycles. The first-order valence-corrected chi connectivity index (χ1v) is 9.03. The number of nitrogens with zero attached hydrogens (tertiary/aromatic N) is 2. The van der Waals surface area contributed by atoms with Crippen molar-refractivity contribution in [1.29, 1.82) is 0 Å². The van der Waals surface area contributed by atoms with Gasteiger partial charge >= 0.3 is 0 Å². The molecule has 3 aromatic carbocycles. The summed E-state index contributed by atoms with van der Waals surface area (Å²) >= 11 is 0. The summed E-state index contributed by atoms with van der Waals surface area (Å²) in [5, 5.41) is 6.91. The van der Waals surface area contributed by atoms with Crippen LogP contribution in [-0.2, 0) is 0 Å². The predicted molar refractivity (Wildman–Crippen MR) is 111 cm³/mol. The van der Waals surface area contributed by atoms with Gasteiger partial charge in [0, 0.05) is 12.0 Å². The van der Waals surface area contributed by atoms with Crippen LogP contribution >= 0.6 is 0 Å². The lowest BCUT2D eigenvalue weighted by Crippen LogP contribution is -2.18. The van der Waals surface area contributed by atoms with Crippen LogP contribution in [0.25, 0.3) is 6.08 Å². The summed E-state index contributed by atoms with van der Waals surface area (Å²) in [6, 6.07) is 28.4. The molecular weight excluding hydrogens is 332 g/mol. The SMILES string of the molecule is O=Cc1ccc(N2N=C(/C=C/c3ccccc3)C[C@@H]2c2ccccc2)cc1. The molecule has 1 heterocycles. The minimum atomic E-state index is 0.142. The summed E-state index contributed by atoms with van der Waals surface area (Å²) in [4.78, 5) is 10.9. The van der Waals surface area contributed by atoms with Crippen molar-refractivity contribution in [3.63, 3.8) is 0 Å². The molecule has 0 amide bonds. The third-order valence-electron chi connectivity index (χ3n) is 4.68. The highest BCUT2D eigenvalue weighted by molar-refractivity contribution is 6.01. The highest BCUT2D eigenvalue weighted by atomic mass is 16.1. The van der Waals surface area contributed by atoms with E-state index in [0.29, 0.717) is 5.56 Å². The largest absolute Gasteiger partial charge is 0.298 e. The van der Waals surface area contributed by atoms with Crippen LogP contribution in [0.15, 0.2) is 96.1 Å². The number of carbonyl (C=O) groups is 1. The van der Waals surface area contributed by atoms with Crippen molar-refractivity contribution in [2.45, 2.75) is 12.5 Å². The Morgan fingerprint density at radius 3 is 2.11 bits per heavy atom. The van der Waals surface area contributed by atoms with Gasteiger partial charge in [0.25, 0.3) is 0 Å². The van der Waals surface area contributed by atoms with E-state index in [1.165, 1.54) is 5.56 Å². The third kappa shape index (κ3) is 3.87. The van der Waals surface area contributed by atoms with E-state index < -0.39 is 0 Å². The average molecular weight is 352 g/mol. The summed E-state index contributed by atoms with van der Waals surface area (Å²) in [6.45, 7) is 0. The van der Waals surface area contributed by atoms with Gasteiger partial charge in [-0.25, -0.2) is 0 Å². The van der Waals surface area contributed by atoms with E-state index >= 15 is 0 Å². The van der Waals surface area contributed by atoms with E-state index in [2.05, 4.69) is 53.6 Å². The highest BCUT2D eigenvalue weighted by Gasteiger charge is 2.28. The van der Waals surface area contributed by atoms with E-state index in [1.54, 1.807) is 0 Å². The zero-order valence-corrected chi connectivity index (χ0v) is 14.9. The number of allylic oxidation sites excluding steroid dienone is 1. The van der Waals surface area contributed by atoms with Crippen LogP contribution in [0.2, 0.25) is 0 Å². The van der Waals surface area contributed by atoms with Gasteiger partial charge in [0.15, 0.2) is 0 Å². The Bertz CT molecular complexity index is 960. The highest BCUT2D eigenvalue weighted by Crippen LogP contribution is 2.35. The van der Waals surface area contributed by atoms with E-state index in [4.69, 9.17) is 5.10 Å². The molecule has 0 fully saturated rings. The number of anilines is 1. The van der Waals surface area contributed by atoms with E-state index in [0.717, 1.165) is 29.7 Å². The van der Waals surface area contributed by atoms with Gasteiger partial charge in [-0.1, -0.05) is 66.7 Å². The Hall–Kier alpha value is -3.46. The Morgan fingerprint density at radius 1 is 0.778 bits per heavy atom. The van der Waals surface area contributed by atoms with Crippen molar-refractivity contribution in [1.82, 2.24) is 0 Å². The van der Waals surface area contributed by atoms with Crippen LogP contribution in [0.5, 0.6) is 0 Å². The number of benzene rings is 3. The molecule has 0 saturated heterocycles. The van der Waals surface area contributed by atoms with Crippen molar-refractivity contribution >= 4 is 23.8 Å². The lowest BCUT2D eigenvalue weighted by molar-refractivity contribution is 0.112. The van der Waals surface area contributed by atoms with Crippen LogP contribution < -0.4 is 5.01 Å². The summed E-state index contributed by atoms with van der Waals surface area (Å²) in [6.07, 6.45) is 5.88. The molecule has 0 aromatic heterocycles. The lowest BCUT2D eigenvalue weighted by Gasteiger charge is -2.24. The molecule has 1 atom stereocenters. The topological polar surface area (TPSA) is 32.7 Å². The first-order valence-electron chi connectivity index (χ1n) is 9.03. The van der Waals surface area contributed by atoms with Gasteiger partial charge in [0.1, 0.15) is 6.29 Å². The quantitative estimate of drug-likeness (QED) is 0.566. The monoisotopic (exact) mass is 352 g/mol. The molecule has 0 spiro atoms. The Labute approximate surface area is 159 Å². The number of hydrazone groups is 1. The van der Waals surface area contributed by atoms with Crippen molar-refractivity contribution in [3.8, 4) is 0 Å². The Kier molecular flexibility index (Phi) is 4.93. The maximum atomic E-state index is 10.9. The second-order valence-corrected chi connectivity index (χ2v) is 6.52. The van der Waals surface area contributed by atoms with Gasteiger partial charge in [-0.15, -0.1) is 0 Å². The molecule has 27 heavy (non-hydrogen) atoms. The maximum Gasteiger partial charge on any atom is 0.150 e. The number of rotatable bonds is 5. The summed E-state index contributed by atoms with van der Waals surface area (Å²) in [7, 11) is 0. The zero-order chi connectivity index (χ0) is 18.5. The molecule has 3 heteroatoms. The molecule has 4 rings (SSSR count). The van der Waals surface area contributed by atoms with Gasteiger partial charge in [0.05, 0.1) is 17.4 Å². The van der Waals surface area contributed by atoms with Crippen LogP contribution in [-0.4, -0.2) is 12.0 Å². The summed E-state index contributed by atoms with van der Waals surface area (Å²) < 4.78 is 0. The molecule has 132 valence electrons. The number of hydrogen-bond donors (Lipinski definition) is 0. The second kappa shape index (κ2) is 7.83.